The summed E-state index contributed by atoms with van der Waals surface area (Å²) >= 11 is 0. The van der Waals surface area contributed by atoms with Gasteiger partial charge in [0.05, 0.1) is 7.11 Å². The van der Waals surface area contributed by atoms with Crippen molar-refractivity contribution in [3.05, 3.63) is 95.6 Å². The lowest BCUT2D eigenvalue weighted by atomic mass is 9.85. The van der Waals surface area contributed by atoms with Crippen LogP contribution in [0.1, 0.15) is 60.0 Å². The van der Waals surface area contributed by atoms with Gasteiger partial charge in [-0.2, -0.15) is 0 Å². The van der Waals surface area contributed by atoms with E-state index in [1.807, 2.05) is 54.6 Å². The third-order valence-electron chi connectivity index (χ3n) is 6.75. The van der Waals surface area contributed by atoms with Crippen molar-refractivity contribution in [2.75, 3.05) is 7.11 Å². The van der Waals surface area contributed by atoms with Gasteiger partial charge in [0.25, 0.3) is 5.91 Å². The van der Waals surface area contributed by atoms with Crippen LogP contribution in [0.2, 0.25) is 0 Å². The number of carbonyl (C=O) groups is 2. The number of hydrogen-bond acceptors (Lipinski definition) is 5. The Hall–Kier alpha value is -3.80. The molecular formula is C31H35NO5. The van der Waals surface area contributed by atoms with Gasteiger partial charge in [0, 0.05) is 5.56 Å². The standard InChI is InChI=1S/C31H35NO5/c1-35-31(34)29(20-23-9-4-2-5-10-23)32-30(33)26-15-17-27(18-16-26)36-22-25-13-8-14-28(19-25)37-21-24-11-6-3-7-12-24/h3,6-8,11-19,23,29H,2,4-5,9-10,20-22H2,1H3,(H,32,33). The Morgan fingerprint density at radius 3 is 2.22 bits per heavy atom. The quantitative estimate of drug-likeness (QED) is 0.322. The lowest BCUT2D eigenvalue weighted by Gasteiger charge is -2.25. The maximum atomic E-state index is 12.8. The van der Waals surface area contributed by atoms with Crippen molar-refractivity contribution in [2.24, 2.45) is 5.92 Å². The van der Waals surface area contributed by atoms with Crippen LogP contribution in [0.3, 0.4) is 0 Å². The van der Waals surface area contributed by atoms with Crippen molar-refractivity contribution in [3.8, 4) is 11.5 Å². The van der Waals surface area contributed by atoms with E-state index in [1.54, 1.807) is 24.3 Å². The minimum atomic E-state index is -0.632. The molecule has 4 rings (SSSR count). The molecule has 194 valence electrons. The van der Waals surface area contributed by atoms with Crippen molar-refractivity contribution >= 4 is 11.9 Å². The van der Waals surface area contributed by atoms with Crippen molar-refractivity contribution in [2.45, 2.75) is 57.8 Å². The van der Waals surface area contributed by atoms with Gasteiger partial charge < -0.3 is 19.5 Å². The predicted molar refractivity (Wildman–Crippen MR) is 142 cm³/mol. The predicted octanol–water partition coefficient (Wildman–Crippen LogP) is 6.09. The van der Waals surface area contributed by atoms with Gasteiger partial charge in [-0.25, -0.2) is 4.79 Å². The first-order valence-electron chi connectivity index (χ1n) is 13.0. The molecule has 1 N–H and O–H groups in total. The normalized spacial score (nSPS) is 14.4. The van der Waals surface area contributed by atoms with Gasteiger partial charge in [0.1, 0.15) is 30.8 Å². The van der Waals surface area contributed by atoms with Gasteiger partial charge in [0.2, 0.25) is 0 Å². The third-order valence-corrected chi connectivity index (χ3v) is 6.75. The molecular weight excluding hydrogens is 466 g/mol. The Kier molecular flexibility index (Phi) is 9.58. The SMILES string of the molecule is COC(=O)C(CC1CCCCC1)NC(=O)c1ccc(OCc2cccc(OCc3ccccc3)c2)cc1. The summed E-state index contributed by atoms with van der Waals surface area (Å²) in [7, 11) is 1.36. The van der Waals surface area contributed by atoms with Crippen LogP contribution >= 0.6 is 0 Å². The average Bonchev–Trinajstić information content (AvgIpc) is 2.96. The summed E-state index contributed by atoms with van der Waals surface area (Å²) in [5, 5.41) is 2.87. The molecule has 1 fully saturated rings. The number of amides is 1. The van der Waals surface area contributed by atoms with Crippen LogP contribution in [0.25, 0.3) is 0 Å². The number of rotatable bonds is 11. The van der Waals surface area contributed by atoms with E-state index < -0.39 is 12.0 Å². The average molecular weight is 502 g/mol. The van der Waals surface area contributed by atoms with Crippen LogP contribution in [-0.2, 0) is 22.7 Å². The van der Waals surface area contributed by atoms with Crippen LogP contribution in [-0.4, -0.2) is 25.0 Å². The largest absolute Gasteiger partial charge is 0.489 e. The summed E-state index contributed by atoms with van der Waals surface area (Å²) in [5.41, 5.74) is 2.57. The molecule has 1 saturated carbocycles. The lowest BCUT2D eigenvalue weighted by molar-refractivity contribution is -0.143. The highest BCUT2D eigenvalue weighted by Crippen LogP contribution is 2.28. The fourth-order valence-corrected chi connectivity index (χ4v) is 4.69. The second-order valence-electron chi connectivity index (χ2n) is 9.52. The number of methoxy groups -OCH3 is 1. The zero-order chi connectivity index (χ0) is 25.9. The molecule has 1 aliphatic rings. The summed E-state index contributed by atoms with van der Waals surface area (Å²) in [6.07, 6.45) is 6.41. The Morgan fingerprint density at radius 2 is 1.49 bits per heavy atom. The number of benzene rings is 3. The molecule has 0 aromatic heterocycles. The minimum Gasteiger partial charge on any atom is -0.489 e. The minimum absolute atomic E-state index is 0.291. The molecule has 0 bridgehead atoms. The highest BCUT2D eigenvalue weighted by Gasteiger charge is 2.27. The molecule has 0 radical (unpaired) electrons. The Labute approximate surface area is 218 Å². The number of esters is 1. The Morgan fingerprint density at radius 1 is 0.811 bits per heavy atom. The number of ether oxygens (including phenoxy) is 3. The second-order valence-corrected chi connectivity index (χ2v) is 9.52. The topological polar surface area (TPSA) is 73.9 Å². The van der Waals surface area contributed by atoms with Crippen molar-refractivity contribution in [1.29, 1.82) is 0 Å². The zero-order valence-corrected chi connectivity index (χ0v) is 21.4. The summed E-state index contributed by atoms with van der Waals surface area (Å²) in [5.74, 6) is 1.19. The summed E-state index contributed by atoms with van der Waals surface area (Å²) in [4.78, 5) is 25.1. The highest BCUT2D eigenvalue weighted by molar-refractivity contribution is 5.96. The van der Waals surface area contributed by atoms with Crippen LogP contribution in [0.15, 0.2) is 78.9 Å². The second kappa shape index (κ2) is 13.5. The molecule has 1 atom stereocenters. The molecule has 0 spiro atoms. The smallest absolute Gasteiger partial charge is 0.328 e. The van der Waals surface area contributed by atoms with Crippen LogP contribution < -0.4 is 14.8 Å². The number of carbonyl (C=O) groups excluding carboxylic acids is 2. The molecule has 1 unspecified atom stereocenters. The van der Waals surface area contributed by atoms with Gasteiger partial charge in [0.15, 0.2) is 0 Å². The van der Waals surface area contributed by atoms with Gasteiger partial charge in [-0.3, -0.25) is 4.79 Å². The van der Waals surface area contributed by atoms with E-state index >= 15 is 0 Å². The molecule has 0 heterocycles. The van der Waals surface area contributed by atoms with Gasteiger partial charge in [-0.05, 0) is 59.9 Å². The summed E-state index contributed by atoms with van der Waals surface area (Å²) in [6, 6.07) is 24.2. The molecule has 3 aromatic rings. The zero-order valence-electron chi connectivity index (χ0n) is 21.4. The van der Waals surface area contributed by atoms with E-state index in [9.17, 15) is 9.59 Å². The van der Waals surface area contributed by atoms with Crippen LogP contribution in [0.5, 0.6) is 11.5 Å². The molecule has 37 heavy (non-hydrogen) atoms. The van der Waals surface area contributed by atoms with Gasteiger partial charge >= 0.3 is 5.97 Å². The Balaban J connectivity index is 1.29. The van der Waals surface area contributed by atoms with Gasteiger partial charge in [-0.1, -0.05) is 74.6 Å². The molecule has 6 nitrogen and oxygen atoms in total. The molecule has 0 saturated heterocycles. The monoisotopic (exact) mass is 501 g/mol. The summed E-state index contributed by atoms with van der Waals surface area (Å²) < 4.78 is 16.8. The van der Waals surface area contributed by atoms with E-state index in [1.165, 1.54) is 26.4 Å². The molecule has 3 aromatic carbocycles. The van der Waals surface area contributed by atoms with E-state index in [0.717, 1.165) is 29.7 Å². The fraction of sp³-hybridized carbons (Fsp3) is 0.355. The first-order valence-corrected chi connectivity index (χ1v) is 13.0. The van der Waals surface area contributed by atoms with Gasteiger partial charge in [-0.15, -0.1) is 0 Å². The molecule has 1 amide bonds. The molecule has 0 aliphatic heterocycles. The lowest BCUT2D eigenvalue weighted by Crippen LogP contribution is -2.43. The van der Waals surface area contributed by atoms with Crippen LogP contribution in [0.4, 0.5) is 0 Å². The maximum Gasteiger partial charge on any atom is 0.328 e. The van der Waals surface area contributed by atoms with E-state index in [4.69, 9.17) is 14.2 Å². The van der Waals surface area contributed by atoms with E-state index in [2.05, 4.69) is 5.32 Å². The Bertz CT molecular complexity index is 1140. The van der Waals surface area contributed by atoms with Crippen molar-refractivity contribution < 1.29 is 23.8 Å². The molecule has 1 aliphatic carbocycles. The fourth-order valence-electron chi connectivity index (χ4n) is 4.69. The first kappa shape index (κ1) is 26.3. The third kappa shape index (κ3) is 8.10. The summed E-state index contributed by atoms with van der Waals surface area (Å²) in [6.45, 7) is 0.881. The molecule has 6 heteroatoms. The van der Waals surface area contributed by atoms with Crippen LogP contribution in [0, 0.1) is 5.92 Å². The van der Waals surface area contributed by atoms with E-state index in [-0.39, 0.29) is 5.91 Å². The van der Waals surface area contributed by atoms with Crippen molar-refractivity contribution in [1.82, 2.24) is 5.32 Å². The highest BCUT2D eigenvalue weighted by atomic mass is 16.5. The van der Waals surface area contributed by atoms with E-state index in [0.29, 0.717) is 36.9 Å². The number of hydrogen-bond donors (Lipinski definition) is 1. The maximum absolute atomic E-state index is 12.8. The van der Waals surface area contributed by atoms with Crippen molar-refractivity contribution in [3.63, 3.8) is 0 Å². The first-order chi connectivity index (χ1) is 18.1. The number of nitrogens with one attached hydrogen (secondary N) is 1.